The summed E-state index contributed by atoms with van der Waals surface area (Å²) in [6, 6.07) is 8.31. The first-order valence-corrected chi connectivity index (χ1v) is 7.80. The van der Waals surface area contributed by atoms with Crippen LogP contribution in [0.25, 0.3) is 0 Å². The second-order valence-corrected chi connectivity index (χ2v) is 5.90. The summed E-state index contributed by atoms with van der Waals surface area (Å²) in [5.74, 6) is 0.822. The van der Waals surface area contributed by atoms with Crippen LogP contribution in [-0.2, 0) is 11.2 Å². The first-order chi connectivity index (χ1) is 9.72. The van der Waals surface area contributed by atoms with E-state index in [4.69, 9.17) is 5.73 Å². The fraction of sp³-hybridized carbons (Fsp3) is 0.588. The second kappa shape index (κ2) is 7.44. The number of para-hydroxylation sites is 1. The fourth-order valence-corrected chi connectivity index (χ4v) is 2.94. The van der Waals surface area contributed by atoms with E-state index in [1.165, 1.54) is 5.56 Å². The lowest BCUT2D eigenvalue weighted by atomic mass is 9.93. The first kappa shape index (κ1) is 15.0. The molecule has 1 aliphatic heterocycles. The van der Waals surface area contributed by atoms with Gasteiger partial charge in [0.05, 0.1) is 0 Å². The Bertz CT molecular complexity index is 444. The Hall–Kier alpha value is -1.35. The zero-order valence-corrected chi connectivity index (χ0v) is 12.5. The van der Waals surface area contributed by atoms with Gasteiger partial charge in [0, 0.05) is 18.7 Å². The standard InChI is InChI=1S/C17H26N2O/c1-14-12-15-8-5-6-9-16(15)19(13-14)17(20)10-4-2-3-7-11-18/h5-6,8-9,14H,2-4,7,10-13,18H2,1H3. The number of nitrogens with zero attached hydrogens (tertiary/aromatic N) is 1. The Labute approximate surface area is 122 Å². The number of unbranched alkanes of at least 4 members (excludes halogenated alkanes) is 3. The zero-order chi connectivity index (χ0) is 14.4. The summed E-state index contributed by atoms with van der Waals surface area (Å²) < 4.78 is 0. The van der Waals surface area contributed by atoms with Gasteiger partial charge >= 0.3 is 0 Å². The minimum absolute atomic E-state index is 0.275. The monoisotopic (exact) mass is 274 g/mol. The van der Waals surface area contributed by atoms with Gasteiger partial charge in [-0.15, -0.1) is 0 Å². The molecule has 0 spiro atoms. The minimum Gasteiger partial charge on any atom is -0.330 e. The molecule has 1 atom stereocenters. The maximum absolute atomic E-state index is 12.4. The highest BCUT2D eigenvalue weighted by atomic mass is 16.2. The molecular weight excluding hydrogens is 248 g/mol. The van der Waals surface area contributed by atoms with Crippen LogP contribution < -0.4 is 10.6 Å². The van der Waals surface area contributed by atoms with E-state index >= 15 is 0 Å². The van der Waals surface area contributed by atoms with E-state index in [-0.39, 0.29) is 5.91 Å². The van der Waals surface area contributed by atoms with E-state index in [0.29, 0.717) is 12.3 Å². The first-order valence-electron chi connectivity index (χ1n) is 7.80. The Balaban J connectivity index is 1.93. The highest BCUT2D eigenvalue weighted by molar-refractivity contribution is 5.94. The zero-order valence-electron chi connectivity index (χ0n) is 12.5. The van der Waals surface area contributed by atoms with Crippen molar-refractivity contribution in [1.82, 2.24) is 0 Å². The number of fused-ring (bicyclic) bond motifs is 1. The van der Waals surface area contributed by atoms with E-state index in [2.05, 4.69) is 25.1 Å². The number of rotatable bonds is 6. The lowest BCUT2D eigenvalue weighted by Crippen LogP contribution is -2.39. The number of hydrogen-bond acceptors (Lipinski definition) is 2. The van der Waals surface area contributed by atoms with Crippen LogP contribution in [-0.4, -0.2) is 19.0 Å². The third-order valence-corrected chi connectivity index (χ3v) is 3.99. The molecular formula is C17H26N2O. The van der Waals surface area contributed by atoms with Crippen LogP contribution in [0.3, 0.4) is 0 Å². The van der Waals surface area contributed by atoms with E-state index in [1.54, 1.807) is 0 Å². The number of hydrogen-bond donors (Lipinski definition) is 1. The van der Waals surface area contributed by atoms with Gasteiger partial charge in [0.25, 0.3) is 0 Å². The van der Waals surface area contributed by atoms with Gasteiger partial charge in [0.1, 0.15) is 0 Å². The van der Waals surface area contributed by atoms with Crippen molar-refractivity contribution in [2.24, 2.45) is 11.7 Å². The highest BCUT2D eigenvalue weighted by Crippen LogP contribution is 2.30. The van der Waals surface area contributed by atoms with Gasteiger partial charge in [-0.2, -0.15) is 0 Å². The van der Waals surface area contributed by atoms with Crippen molar-refractivity contribution in [2.45, 2.75) is 45.4 Å². The van der Waals surface area contributed by atoms with Crippen molar-refractivity contribution in [3.8, 4) is 0 Å². The van der Waals surface area contributed by atoms with E-state index in [1.807, 2.05) is 11.0 Å². The van der Waals surface area contributed by atoms with Crippen LogP contribution in [0.15, 0.2) is 24.3 Å². The molecule has 0 aromatic heterocycles. The number of carbonyl (C=O) groups excluding carboxylic acids is 1. The van der Waals surface area contributed by atoms with Crippen molar-refractivity contribution in [1.29, 1.82) is 0 Å². The van der Waals surface area contributed by atoms with E-state index in [9.17, 15) is 4.79 Å². The molecule has 1 aliphatic rings. The Kier molecular flexibility index (Phi) is 5.60. The molecule has 2 N–H and O–H groups in total. The maximum Gasteiger partial charge on any atom is 0.226 e. The molecule has 0 bridgehead atoms. The molecule has 0 saturated carbocycles. The average Bonchev–Trinajstić information content (AvgIpc) is 2.46. The van der Waals surface area contributed by atoms with Crippen LogP contribution in [0.4, 0.5) is 5.69 Å². The van der Waals surface area contributed by atoms with Crippen molar-refractivity contribution in [2.75, 3.05) is 18.0 Å². The van der Waals surface area contributed by atoms with Crippen molar-refractivity contribution in [3.05, 3.63) is 29.8 Å². The van der Waals surface area contributed by atoms with Crippen LogP contribution in [0, 0.1) is 5.92 Å². The lowest BCUT2D eigenvalue weighted by Gasteiger charge is -2.33. The van der Waals surface area contributed by atoms with E-state index in [0.717, 1.165) is 50.9 Å². The normalized spacial score (nSPS) is 17.9. The van der Waals surface area contributed by atoms with Crippen LogP contribution >= 0.6 is 0 Å². The topological polar surface area (TPSA) is 46.3 Å². The van der Waals surface area contributed by atoms with Crippen molar-refractivity contribution >= 4 is 11.6 Å². The molecule has 20 heavy (non-hydrogen) atoms. The molecule has 0 saturated heterocycles. The molecule has 2 rings (SSSR count). The molecule has 110 valence electrons. The lowest BCUT2D eigenvalue weighted by molar-refractivity contribution is -0.119. The predicted molar refractivity (Wildman–Crippen MR) is 83.8 cm³/mol. The van der Waals surface area contributed by atoms with Crippen molar-refractivity contribution < 1.29 is 4.79 Å². The SMILES string of the molecule is CC1Cc2ccccc2N(C(=O)CCCCCCN)C1. The number of benzene rings is 1. The molecule has 1 amide bonds. The number of anilines is 1. The van der Waals surface area contributed by atoms with Gasteiger partial charge in [-0.25, -0.2) is 0 Å². The summed E-state index contributed by atoms with van der Waals surface area (Å²) in [5.41, 5.74) is 7.91. The molecule has 0 radical (unpaired) electrons. The molecule has 3 nitrogen and oxygen atoms in total. The fourth-order valence-electron chi connectivity index (χ4n) is 2.94. The van der Waals surface area contributed by atoms with Gasteiger partial charge in [0.2, 0.25) is 5.91 Å². The summed E-state index contributed by atoms with van der Waals surface area (Å²) in [7, 11) is 0. The number of carbonyl (C=O) groups is 1. The Morgan fingerprint density at radius 3 is 2.80 bits per heavy atom. The second-order valence-electron chi connectivity index (χ2n) is 5.90. The molecule has 1 unspecified atom stereocenters. The largest absolute Gasteiger partial charge is 0.330 e. The molecule has 0 aliphatic carbocycles. The quantitative estimate of drug-likeness (QED) is 0.810. The average molecular weight is 274 g/mol. The number of amides is 1. The van der Waals surface area contributed by atoms with Crippen LogP contribution in [0.2, 0.25) is 0 Å². The number of nitrogens with two attached hydrogens (primary N) is 1. The molecule has 1 aromatic rings. The predicted octanol–water partition coefficient (Wildman–Crippen LogP) is 3.12. The van der Waals surface area contributed by atoms with Gasteiger partial charge in [-0.05, 0) is 43.4 Å². The van der Waals surface area contributed by atoms with E-state index < -0.39 is 0 Å². The molecule has 1 heterocycles. The molecule has 3 heteroatoms. The smallest absolute Gasteiger partial charge is 0.226 e. The third kappa shape index (κ3) is 3.83. The van der Waals surface area contributed by atoms with Crippen LogP contribution in [0.1, 0.15) is 44.6 Å². The Morgan fingerprint density at radius 2 is 2.00 bits per heavy atom. The summed E-state index contributed by atoms with van der Waals surface area (Å²) in [4.78, 5) is 14.4. The van der Waals surface area contributed by atoms with Crippen LogP contribution in [0.5, 0.6) is 0 Å². The summed E-state index contributed by atoms with van der Waals surface area (Å²) >= 11 is 0. The van der Waals surface area contributed by atoms with Gasteiger partial charge in [0.15, 0.2) is 0 Å². The van der Waals surface area contributed by atoms with Crippen molar-refractivity contribution in [3.63, 3.8) is 0 Å². The van der Waals surface area contributed by atoms with Gasteiger partial charge < -0.3 is 10.6 Å². The molecule has 0 fully saturated rings. The Morgan fingerprint density at radius 1 is 1.25 bits per heavy atom. The third-order valence-electron chi connectivity index (χ3n) is 3.99. The maximum atomic E-state index is 12.4. The summed E-state index contributed by atoms with van der Waals surface area (Å²) in [5, 5.41) is 0. The summed E-state index contributed by atoms with van der Waals surface area (Å²) in [6.45, 7) is 3.83. The minimum atomic E-state index is 0.275. The van der Waals surface area contributed by atoms with Gasteiger partial charge in [-0.3, -0.25) is 4.79 Å². The highest BCUT2D eigenvalue weighted by Gasteiger charge is 2.25. The van der Waals surface area contributed by atoms with Gasteiger partial charge in [-0.1, -0.05) is 38.0 Å². The summed E-state index contributed by atoms with van der Waals surface area (Å²) in [6.07, 6.45) is 6.02. The molecule has 1 aromatic carbocycles.